The molecule has 0 aliphatic carbocycles. The molecule has 0 atom stereocenters. The van der Waals surface area contributed by atoms with E-state index in [4.69, 9.17) is 0 Å². The van der Waals surface area contributed by atoms with E-state index in [2.05, 4.69) is 121 Å². The van der Waals surface area contributed by atoms with Gasteiger partial charge in [0.25, 0.3) is 0 Å². The van der Waals surface area contributed by atoms with E-state index in [1.807, 2.05) is 0 Å². The first-order valence-corrected chi connectivity index (χ1v) is 15.3. The Hall–Kier alpha value is -1.60. The van der Waals surface area contributed by atoms with Crippen LogP contribution in [-0.2, 0) is 17.0 Å². The number of rotatable bonds is 6. The van der Waals surface area contributed by atoms with Gasteiger partial charge < -0.3 is 0 Å². The second-order valence-electron chi connectivity index (χ2n) is 5.91. The first kappa shape index (κ1) is 18.8. The standard InChI is InChI=1S/2C12H10P.Pd/c2*1-3-7-11(8-4-1)13-12-9-5-2-6-10-12;/h2*1-10H;/q2*-1;+2. The van der Waals surface area contributed by atoms with Crippen LogP contribution >= 0.6 is 12.2 Å². The molecule has 0 aliphatic heterocycles. The summed E-state index contributed by atoms with van der Waals surface area (Å²) in [7, 11) is 0. The predicted molar refractivity (Wildman–Crippen MR) is 118 cm³/mol. The molecular formula is C24H20P2Pd. The second kappa shape index (κ2) is 9.55. The van der Waals surface area contributed by atoms with Crippen molar-refractivity contribution in [3.8, 4) is 0 Å². The molecule has 0 radical (unpaired) electrons. The zero-order valence-corrected chi connectivity index (χ0v) is 18.1. The normalized spacial score (nSPS) is 11.2. The average Bonchev–Trinajstić information content (AvgIpc) is 2.77. The monoisotopic (exact) mass is 476 g/mol. The second-order valence-corrected chi connectivity index (χ2v) is 16.5. The minimum atomic E-state index is -0.359. The maximum atomic E-state index is 2.31. The molecule has 0 fully saturated rings. The zero-order chi connectivity index (χ0) is 18.3. The molecule has 0 unspecified atom stereocenters. The minimum absolute atomic E-state index is 0.359. The Kier molecular flexibility index (Phi) is 6.63. The molecule has 0 saturated carbocycles. The van der Waals surface area contributed by atoms with E-state index in [0.29, 0.717) is 17.0 Å². The summed E-state index contributed by atoms with van der Waals surface area (Å²) in [5.41, 5.74) is 0. The van der Waals surface area contributed by atoms with E-state index < -0.39 is 0 Å². The van der Waals surface area contributed by atoms with E-state index in [-0.39, 0.29) is 12.2 Å². The van der Waals surface area contributed by atoms with Crippen LogP contribution in [0.1, 0.15) is 0 Å². The number of hydrogen-bond acceptors (Lipinski definition) is 0. The Morgan fingerprint density at radius 2 is 0.556 bits per heavy atom. The van der Waals surface area contributed by atoms with Crippen LogP contribution in [0.4, 0.5) is 0 Å². The van der Waals surface area contributed by atoms with Crippen LogP contribution < -0.4 is 21.2 Å². The molecule has 0 heterocycles. The summed E-state index contributed by atoms with van der Waals surface area (Å²) in [5, 5.41) is 5.92. The summed E-state index contributed by atoms with van der Waals surface area (Å²) in [4.78, 5) is 0. The summed E-state index contributed by atoms with van der Waals surface area (Å²) in [6, 6.07) is 44.3. The van der Waals surface area contributed by atoms with Gasteiger partial charge in [-0.05, 0) is 0 Å². The zero-order valence-electron chi connectivity index (χ0n) is 14.8. The van der Waals surface area contributed by atoms with Gasteiger partial charge in [0.1, 0.15) is 0 Å². The van der Waals surface area contributed by atoms with Gasteiger partial charge in [0.05, 0.1) is 0 Å². The fraction of sp³-hybridized carbons (Fsp3) is 0. The average molecular weight is 477 g/mol. The molecular weight excluding hydrogens is 457 g/mol. The van der Waals surface area contributed by atoms with Crippen molar-refractivity contribution in [2.24, 2.45) is 0 Å². The third-order valence-electron chi connectivity index (χ3n) is 3.99. The van der Waals surface area contributed by atoms with Crippen LogP contribution in [-0.4, -0.2) is 0 Å². The molecule has 4 rings (SSSR count). The molecule has 0 amide bonds. The van der Waals surface area contributed by atoms with Gasteiger partial charge >= 0.3 is 172 Å². The van der Waals surface area contributed by atoms with Crippen LogP contribution in [0, 0.1) is 0 Å². The Balaban J connectivity index is 1.77. The maximum absolute atomic E-state index is 2.31. The molecule has 0 nitrogen and oxygen atoms in total. The Bertz CT molecular complexity index is 785. The van der Waals surface area contributed by atoms with Crippen molar-refractivity contribution in [3.05, 3.63) is 121 Å². The van der Waals surface area contributed by atoms with Gasteiger partial charge in [0, 0.05) is 0 Å². The van der Waals surface area contributed by atoms with Gasteiger partial charge in [-0.25, -0.2) is 0 Å². The summed E-state index contributed by atoms with van der Waals surface area (Å²) >= 11 is 0.598. The summed E-state index contributed by atoms with van der Waals surface area (Å²) in [6.45, 7) is 0. The summed E-state index contributed by atoms with van der Waals surface area (Å²) in [5.74, 6) is 0. The van der Waals surface area contributed by atoms with Crippen LogP contribution in [0.3, 0.4) is 0 Å². The Morgan fingerprint density at radius 3 is 0.778 bits per heavy atom. The molecule has 0 N–H and O–H groups in total. The third-order valence-corrected chi connectivity index (χ3v) is 18.3. The van der Waals surface area contributed by atoms with Gasteiger partial charge in [0.15, 0.2) is 0 Å². The topological polar surface area (TPSA) is 0 Å². The SMILES string of the molecule is c1ccc([P]([Pd][P](c2ccccc2)c2ccccc2)c2ccccc2)cc1. The third kappa shape index (κ3) is 4.82. The fourth-order valence-electron chi connectivity index (χ4n) is 2.71. The first-order valence-electron chi connectivity index (χ1n) is 8.82. The van der Waals surface area contributed by atoms with Gasteiger partial charge in [-0.3, -0.25) is 0 Å². The van der Waals surface area contributed by atoms with Crippen LogP contribution in [0.2, 0.25) is 0 Å². The van der Waals surface area contributed by atoms with Crippen molar-refractivity contribution in [2.75, 3.05) is 0 Å². The van der Waals surface area contributed by atoms with Crippen LogP contribution in [0.5, 0.6) is 0 Å². The van der Waals surface area contributed by atoms with Crippen molar-refractivity contribution in [3.63, 3.8) is 0 Å². The fourth-order valence-corrected chi connectivity index (χ4v) is 18.7. The molecule has 0 bridgehead atoms. The van der Waals surface area contributed by atoms with E-state index >= 15 is 0 Å². The quantitative estimate of drug-likeness (QED) is 0.266. The van der Waals surface area contributed by atoms with Crippen molar-refractivity contribution in [2.45, 2.75) is 0 Å². The molecule has 0 aliphatic rings. The van der Waals surface area contributed by atoms with E-state index in [0.717, 1.165) is 0 Å². The summed E-state index contributed by atoms with van der Waals surface area (Å²) < 4.78 is 0. The predicted octanol–water partition coefficient (Wildman–Crippen LogP) is 5.16. The Labute approximate surface area is 171 Å². The van der Waals surface area contributed by atoms with E-state index in [1.165, 1.54) is 21.2 Å². The molecule has 0 saturated heterocycles. The molecule has 0 spiro atoms. The molecule has 4 aromatic rings. The van der Waals surface area contributed by atoms with E-state index in [1.54, 1.807) is 0 Å². The number of hydrogen-bond donors (Lipinski definition) is 0. The molecule has 27 heavy (non-hydrogen) atoms. The van der Waals surface area contributed by atoms with E-state index in [9.17, 15) is 0 Å². The molecule has 136 valence electrons. The molecule has 0 aromatic heterocycles. The number of benzene rings is 4. The van der Waals surface area contributed by atoms with Gasteiger partial charge in [-0.15, -0.1) is 0 Å². The first-order chi connectivity index (χ1) is 13.4. The van der Waals surface area contributed by atoms with Crippen LogP contribution in [0.15, 0.2) is 121 Å². The van der Waals surface area contributed by atoms with Gasteiger partial charge in [-0.2, -0.15) is 0 Å². The van der Waals surface area contributed by atoms with Crippen molar-refractivity contribution in [1.82, 2.24) is 0 Å². The van der Waals surface area contributed by atoms with Crippen LogP contribution in [0.25, 0.3) is 0 Å². The summed E-state index contributed by atoms with van der Waals surface area (Å²) in [6.07, 6.45) is -0.717. The van der Waals surface area contributed by atoms with Gasteiger partial charge in [-0.1, -0.05) is 0 Å². The molecule has 3 heteroatoms. The molecule has 4 aromatic carbocycles. The Morgan fingerprint density at radius 1 is 0.333 bits per heavy atom. The van der Waals surface area contributed by atoms with Crippen molar-refractivity contribution in [1.29, 1.82) is 0 Å². The van der Waals surface area contributed by atoms with Gasteiger partial charge in [0.2, 0.25) is 0 Å². The van der Waals surface area contributed by atoms with Crippen molar-refractivity contribution < 1.29 is 17.0 Å². The van der Waals surface area contributed by atoms with Crippen molar-refractivity contribution >= 4 is 33.4 Å².